The second-order valence-corrected chi connectivity index (χ2v) is 6.30. The lowest BCUT2D eigenvalue weighted by molar-refractivity contribution is 0.213. The topological polar surface area (TPSA) is 27.0 Å². The highest BCUT2D eigenvalue weighted by atomic mass is 35.5. The summed E-state index contributed by atoms with van der Waals surface area (Å²) < 4.78 is 0. The summed E-state index contributed by atoms with van der Waals surface area (Å²) in [6.45, 7) is 7.59. The molecule has 1 saturated heterocycles. The number of nitrogens with zero attached hydrogens (tertiary/aromatic N) is 2. The lowest BCUT2D eigenvalue weighted by Gasteiger charge is -2.35. The Hall–Kier alpha value is -1.46. The van der Waals surface area contributed by atoms with Gasteiger partial charge in [-0.05, 0) is 51.3 Å². The van der Waals surface area contributed by atoms with Gasteiger partial charge in [0.2, 0.25) is 0 Å². The van der Waals surface area contributed by atoms with E-state index in [4.69, 9.17) is 11.6 Å². The molecule has 0 unspecified atom stereocenters. The van der Waals surface area contributed by atoms with Crippen LogP contribution in [0.1, 0.15) is 39.2 Å². The van der Waals surface area contributed by atoms with Gasteiger partial charge < -0.3 is 4.90 Å². The Labute approximate surface area is 120 Å². The van der Waals surface area contributed by atoms with E-state index in [0.717, 1.165) is 36.2 Å². The highest BCUT2D eigenvalue weighted by molar-refractivity contribution is 6.30. The van der Waals surface area contributed by atoms with Gasteiger partial charge in [0, 0.05) is 22.8 Å². The lowest BCUT2D eigenvalue weighted by atomic mass is 10.0. The maximum absolute atomic E-state index is 9.53. The van der Waals surface area contributed by atoms with Crippen LogP contribution in [0.25, 0.3) is 5.57 Å². The molecular formula is C16H19ClN2. The minimum Gasteiger partial charge on any atom is -0.369 e. The number of nitriles is 1. The fraction of sp³-hybridized carbons (Fsp3) is 0.438. The van der Waals surface area contributed by atoms with Crippen LogP contribution in [0.15, 0.2) is 30.0 Å². The second-order valence-electron chi connectivity index (χ2n) is 5.87. The van der Waals surface area contributed by atoms with Gasteiger partial charge in [0.25, 0.3) is 0 Å². The van der Waals surface area contributed by atoms with Crippen molar-refractivity contribution in [3.63, 3.8) is 0 Å². The van der Waals surface area contributed by atoms with Gasteiger partial charge in [-0.15, -0.1) is 0 Å². The first kappa shape index (κ1) is 14.0. The van der Waals surface area contributed by atoms with Gasteiger partial charge in [-0.2, -0.15) is 5.26 Å². The zero-order valence-corrected chi connectivity index (χ0v) is 12.5. The summed E-state index contributed by atoms with van der Waals surface area (Å²) in [5.41, 5.74) is 2.96. The SMILES string of the molecule is CC(C)(C)N1CCCC1=C(C#N)c1ccc(Cl)cc1. The van der Waals surface area contributed by atoms with Gasteiger partial charge >= 0.3 is 0 Å². The van der Waals surface area contributed by atoms with Crippen LogP contribution in [0.2, 0.25) is 5.02 Å². The van der Waals surface area contributed by atoms with E-state index in [1.165, 1.54) is 0 Å². The Morgan fingerprint density at radius 3 is 2.42 bits per heavy atom. The van der Waals surface area contributed by atoms with Gasteiger partial charge in [0.1, 0.15) is 6.07 Å². The summed E-state index contributed by atoms with van der Waals surface area (Å²) in [4.78, 5) is 2.35. The number of likely N-dealkylation sites (tertiary alicyclic amines) is 1. The molecule has 1 heterocycles. The molecule has 0 N–H and O–H groups in total. The Morgan fingerprint density at radius 1 is 1.26 bits per heavy atom. The average molecular weight is 275 g/mol. The van der Waals surface area contributed by atoms with E-state index in [0.29, 0.717) is 5.02 Å². The van der Waals surface area contributed by atoms with E-state index < -0.39 is 0 Å². The van der Waals surface area contributed by atoms with Gasteiger partial charge in [0.15, 0.2) is 0 Å². The Balaban J connectivity index is 2.48. The van der Waals surface area contributed by atoms with Crippen LogP contribution >= 0.6 is 11.6 Å². The molecule has 1 aromatic carbocycles. The molecule has 0 atom stereocenters. The van der Waals surface area contributed by atoms with Crippen LogP contribution in [0.4, 0.5) is 0 Å². The number of benzene rings is 1. The molecule has 0 amide bonds. The molecule has 0 spiro atoms. The molecule has 0 bridgehead atoms. The van der Waals surface area contributed by atoms with Crippen LogP contribution in [-0.2, 0) is 0 Å². The number of allylic oxidation sites excluding steroid dienone is 2. The number of halogens is 1. The molecule has 0 saturated carbocycles. The van der Waals surface area contributed by atoms with E-state index in [9.17, 15) is 5.26 Å². The lowest BCUT2D eigenvalue weighted by Crippen LogP contribution is -2.38. The minimum absolute atomic E-state index is 0.0559. The third-order valence-corrected chi connectivity index (χ3v) is 3.72. The van der Waals surface area contributed by atoms with Crippen LogP contribution in [0.3, 0.4) is 0 Å². The van der Waals surface area contributed by atoms with Crippen LogP contribution in [0, 0.1) is 11.3 Å². The standard InChI is InChI=1S/C16H19ClN2/c1-16(2,3)19-10-4-5-15(19)14(11-18)12-6-8-13(17)9-7-12/h6-9H,4-5,10H2,1-3H3. The molecule has 2 nitrogen and oxygen atoms in total. The summed E-state index contributed by atoms with van der Waals surface area (Å²) >= 11 is 5.91. The van der Waals surface area contributed by atoms with Crippen molar-refractivity contribution in [2.45, 2.75) is 39.2 Å². The number of rotatable bonds is 1. The average Bonchev–Trinajstić information content (AvgIpc) is 2.81. The summed E-state index contributed by atoms with van der Waals surface area (Å²) in [6, 6.07) is 9.90. The minimum atomic E-state index is 0.0559. The summed E-state index contributed by atoms with van der Waals surface area (Å²) in [5.74, 6) is 0. The van der Waals surface area contributed by atoms with Gasteiger partial charge in [-0.3, -0.25) is 0 Å². The first-order chi connectivity index (χ1) is 8.93. The molecule has 0 aromatic heterocycles. The molecule has 0 aliphatic carbocycles. The van der Waals surface area contributed by atoms with Gasteiger partial charge in [-0.1, -0.05) is 23.7 Å². The van der Waals surface area contributed by atoms with Crippen molar-refractivity contribution >= 4 is 17.2 Å². The number of hydrogen-bond donors (Lipinski definition) is 0. The highest BCUT2D eigenvalue weighted by Gasteiger charge is 2.30. The predicted molar refractivity (Wildman–Crippen MR) is 79.7 cm³/mol. The van der Waals surface area contributed by atoms with E-state index >= 15 is 0 Å². The zero-order chi connectivity index (χ0) is 14.0. The summed E-state index contributed by atoms with van der Waals surface area (Å²) in [5, 5.41) is 10.2. The molecule has 100 valence electrons. The highest BCUT2D eigenvalue weighted by Crippen LogP contribution is 2.34. The van der Waals surface area contributed by atoms with Crippen molar-refractivity contribution < 1.29 is 0 Å². The van der Waals surface area contributed by atoms with Crippen molar-refractivity contribution in [2.24, 2.45) is 0 Å². The van der Waals surface area contributed by atoms with Gasteiger partial charge in [0.05, 0.1) is 5.57 Å². The van der Waals surface area contributed by atoms with E-state index in [-0.39, 0.29) is 5.54 Å². The Bertz CT molecular complexity index is 529. The van der Waals surface area contributed by atoms with Crippen LogP contribution < -0.4 is 0 Å². The van der Waals surface area contributed by atoms with E-state index in [1.54, 1.807) is 0 Å². The first-order valence-corrected chi connectivity index (χ1v) is 6.98. The monoisotopic (exact) mass is 274 g/mol. The third-order valence-electron chi connectivity index (χ3n) is 3.46. The molecule has 3 heteroatoms. The molecule has 0 radical (unpaired) electrons. The molecular weight excluding hydrogens is 256 g/mol. The van der Waals surface area contributed by atoms with Crippen molar-refractivity contribution in [3.05, 3.63) is 40.5 Å². The fourth-order valence-corrected chi connectivity index (χ4v) is 2.71. The number of hydrogen-bond acceptors (Lipinski definition) is 2. The maximum atomic E-state index is 9.53. The molecule has 19 heavy (non-hydrogen) atoms. The third kappa shape index (κ3) is 2.93. The van der Waals surface area contributed by atoms with Crippen molar-refractivity contribution in [1.82, 2.24) is 4.90 Å². The van der Waals surface area contributed by atoms with Crippen molar-refractivity contribution in [3.8, 4) is 6.07 Å². The molecule has 1 aliphatic rings. The van der Waals surface area contributed by atoms with Crippen molar-refractivity contribution in [2.75, 3.05) is 6.54 Å². The zero-order valence-electron chi connectivity index (χ0n) is 11.7. The van der Waals surface area contributed by atoms with E-state index in [1.807, 2.05) is 24.3 Å². The molecule has 1 aliphatic heterocycles. The van der Waals surface area contributed by atoms with E-state index in [2.05, 4.69) is 31.7 Å². The van der Waals surface area contributed by atoms with Crippen LogP contribution in [0.5, 0.6) is 0 Å². The van der Waals surface area contributed by atoms with Crippen molar-refractivity contribution in [1.29, 1.82) is 5.26 Å². The fourth-order valence-electron chi connectivity index (χ4n) is 2.59. The molecule has 2 rings (SSSR count). The summed E-state index contributed by atoms with van der Waals surface area (Å²) in [6.07, 6.45) is 2.09. The maximum Gasteiger partial charge on any atom is 0.102 e. The smallest absolute Gasteiger partial charge is 0.102 e. The van der Waals surface area contributed by atoms with Gasteiger partial charge in [-0.25, -0.2) is 0 Å². The molecule has 1 fully saturated rings. The second kappa shape index (κ2) is 5.27. The Morgan fingerprint density at radius 2 is 1.89 bits per heavy atom. The molecule has 1 aromatic rings. The Kier molecular flexibility index (Phi) is 3.87. The quantitative estimate of drug-likeness (QED) is 0.707. The summed E-state index contributed by atoms with van der Waals surface area (Å²) in [7, 11) is 0. The van der Waals surface area contributed by atoms with Crippen LogP contribution in [-0.4, -0.2) is 17.0 Å². The largest absolute Gasteiger partial charge is 0.369 e. The first-order valence-electron chi connectivity index (χ1n) is 6.60. The normalized spacial score (nSPS) is 18.4. The predicted octanol–water partition coefficient (Wildman–Crippen LogP) is 4.47.